The number of amides is 1. The van der Waals surface area contributed by atoms with Gasteiger partial charge >= 0.3 is 0 Å². The first kappa shape index (κ1) is 22.6. The minimum absolute atomic E-state index is 0.103. The number of halogens is 3. The molecule has 0 fully saturated rings. The predicted octanol–water partition coefficient (Wildman–Crippen LogP) is 3.34. The number of nitrogens with two attached hydrogens (primary N) is 1. The van der Waals surface area contributed by atoms with Gasteiger partial charge in [0.05, 0.1) is 6.54 Å². The first-order chi connectivity index (χ1) is 14.8. The van der Waals surface area contributed by atoms with Gasteiger partial charge in [-0.25, -0.2) is 8.78 Å². The van der Waals surface area contributed by atoms with Crippen molar-refractivity contribution < 1.29 is 18.3 Å². The van der Waals surface area contributed by atoms with Crippen molar-refractivity contribution in [3.8, 4) is 11.4 Å². The zero-order valence-electron chi connectivity index (χ0n) is 16.6. The Labute approximate surface area is 185 Å². The van der Waals surface area contributed by atoms with E-state index in [0.717, 1.165) is 17.7 Å². The molecule has 0 spiro atoms. The molecule has 3 N–H and O–H groups in total. The maximum Gasteiger partial charge on any atom is 0.273 e. The van der Waals surface area contributed by atoms with Crippen LogP contribution < -0.4 is 21.3 Å². The van der Waals surface area contributed by atoms with Crippen LogP contribution in [0, 0.1) is 18.6 Å². The highest BCUT2D eigenvalue weighted by molar-refractivity contribution is 9.10. The summed E-state index contributed by atoms with van der Waals surface area (Å²) < 4.78 is 34.2. The molecule has 0 saturated heterocycles. The minimum atomic E-state index is -0.722. The molecule has 0 unspecified atom stereocenters. The molecule has 0 atom stereocenters. The van der Waals surface area contributed by atoms with Crippen LogP contribution in [0.2, 0.25) is 0 Å². The average Bonchev–Trinajstić information content (AvgIpc) is 2.75. The lowest BCUT2D eigenvalue weighted by atomic mass is 10.2. The van der Waals surface area contributed by atoms with Gasteiger partial charge in [-0.2, -0.15) is 0 Å². The van der Waals surface area contributed by atoms with E-state index in [1.165, 1.54) is 10.6 Å². The molecule has 0 aliphatic carbocycles. The van der Waals surface area contributed by atoms with Gasteiger partial charge in [-0.05, 0) is 52.7 Å². The van der Waals surface area contributed by atoms with Gasteiger partial charge in [0.1, 0.15) is 28.5 Å². The number of benzene rings is 2. The fraction of sp³-hybridized carbons (Fsp3) is 0.182. The monoisotopic (exact) mass is 491 g/mol. The Morgan fingerprint density at radius 3 is 2.68 bits per heavy atom. The van der Waals surface area contributed by atoms with Gasteiger partial charge in [-0.15, -0.1) is 0 Å². The summed E-state index contributed by atoms with van der Waals surface area (Å²) in [6, 6.07) is 12.0. The standard InChI is InChI=1S/C22H20BrF2N3O3/c1-13-7-19(31-12-15-5-6-16(24)9-18(15)25)21(23)22(30)28(13)17-4-2-3-14(8-17)11-27-20(29)10-26/h2-9H,10-12,26H2,1H3,(H,27,29). The number of pyridine rings is 1. The smallest absolute Gasteiger partial charge is 0.273 e. The molecule has 0 saturated carbocycles. The van der Waals surface area contributed by atoms with Gasteiger partial charge < -0.3 is 15.8 Å². The van der Waals surface area contributed by atoms with Gasteiger partial charge in [0.15, 0.2) is 0 Å². The Bertz CT molecular complexity index is 1180. The molecule has 2 aromatic carbocycles. The summed E-state index contributed by atoms with van der Waals surface area (Å²) in [5.41, 5.74) is 7.10. The molecule has 6 nitrogen and oxygen atoms in total. The van der Waals surface area contributed by atoms with Gasteiger partial charge in [0, 0.05) is 35.6 Å². The SMILES string of the molecule is Cc1cc(OCc2ccc(F)cc2F)c(Br)c(=O)n1-c1cccc(CNC(=O)CN)c1. The summed E-state index contributed by atoms with van der Waals surface area (Å²) in [6.07, 6.45) is 0. The van der Waals surface area contributed by atoms with Gasteiger partial charge in [0.2, 0.25) is 5.91 Å². The Hall–Kier alpha value is -3.04. The normalized spacial score (nSPS) is 10.7. The van der Waals surface area contributed by atoms with Gasteiger partial charge in [-0.3, -0.25) is 14.2 Å². The number of nitrogens with zero attached hydrogens (tertiary/aromatic N) is 1. The molecule has 0 bridgehead atoms. The molecule has 0 aliphatic heterocycles. The molecule has 1 aromatic heterocycles. The molecule has 0 radical (unpaired) electrons. The molecule has 9 heteroatoms. The van der Waals surface area contributed by atoms with Crippen LogP contribution in [0.15, 0.2) is 57.8 Å². The second kappa shape index (κ2) is 9.84. The number of nitrogens with one attached hydrogen (secondary N) is 1. The molecule has 1 heterocycles. The maximum absolute atomic E-state index is 13.8. The number of aryl methyl sites for hydroxylation is 1. The number of ether oxygens (including phenoxy) is 1. The minimum Gasteiger partial charge on any atom is -0.487 e. The zero-order chi connectivity index (χ0) is 22.5. The summed E-state index contributed by atoms with van der Waals surface area (Å²) in [4.78, 5) is 24.4. The highest BCUT2D eigenvalue weighted by Crippen LogP contribution is 2.25. The molecule has 0 aliphatic rings. The number of carbonyl (C=O) groups excluding carboxylic acids is 1. The van der Waals surface area contributed by atoms with E-state index in [1.54, 1.807) is 31.2 Å². The van der Waals surface area contributed by atoms with Crippen LogP contribution >= 0.6 is 15.9 Å². The highest BCUT2D eigenvalue weighted by atomic mass is 79.9. The largest absolute Gasteiger partial charge is 0.487 e. The molecule has 1 amide bonds. The average molecular weight is 492 g/mol. The third kappa shape index (κ3) is 5.36. The first-order valence-corrected chi connectivity index (χ1v) is 10.1. The van der Waals surface area contributed by atoms with Crippen LogP contribution in [0.3, 0.4) is 0 Å². The summed E-state index contributed by atoms with van der Waals surface area (Å²) in [5.74, 6) is -1.43. The van der Waals surface area contributed by atoms with E-state index in [9.17, 15) is 18.4 Å². The number of aromatic nitrogens is 1. The van der Waals surface area contributed by atoms with E-state index in [4.69, 9.17) is 10.5 Å². The Morgan fingerprint density at radius 2 is 1.97 bits per heavy atom. The van der Waals surface area contributed by atoms with Crippen molar-refractivity contribution >= 4 is 21.8 Å². The van der Waals surface area contributed by atoms with Crippen molar-refractivity contribution in [2.24, 2.45) is 5.73 Å². The summed E-state index contributed by atoms with van der Waals surface area (Å²) in [6.45, 7) is 1.75. The van der Waals surface area contributed by atoms with E-state index in [2.05, 4.69) is 21.2 Å². The van der Waals surface area contributed by atoms with E-state index < -0.39 is 11.6 Å². The third-order valence-corrected chi connectivity index (χ3v) is 5.27. The third-order valence-electron chi connectivity index (χ3n) is 4.54. The van der Waals surface area contributed by atoms with Crippen molar-refractivity contribution in [1.82, 2.24) is 9.88 Å². The van der Waals surface area contributed by atoms with Crippen LogP contribution in [0.1, 0.15) is 16.8 Å². The topological polar surface area (TPSA) is 86.3 Å². The van der Waals surface area contributed by atoms with Crippen LogP contribution in [0.25, 0.3) is 5.69 Å². The first-order valence-electron chi connectivity index (χ1n) is 9.35. The molecular formula is C22H20BrF2N3O3. The highest BCUT2D eigenvalue weighted by Gasteiger charge is 2.15. The predicted molar refractivity (Wildman–Crippen MR) is 116 cm³/mol. The van der Waals surface area contributed by atoms with Crippen molar-refractivity contribution in [3.05, 3.63) is 91.8 Å². The number of carbonyl (C=O) groups is 1. The van der Waals surface area contributed by atoms with Crippen molar-refractivity contribution in [3.63, 3.8) is 0 Å². The van der Waals surface area contributed by atoms with Crippen molar-refractivity contribution in [1.29, 1.82) is 0 Å². The summed E-state index contributed by atoms with van der Waals surface area (Å²) in [7, 11) is 0. The fourth-order valence-electron chi connectivity index (χ4n) is 2.98. The van der Waals surface area contributed by atoms with E-state index in [0.29, 0.717) is 11.4 Å². The van der Waals surface area contributed by atoms with E-state index in [1.807, 2.05) is 6.07 Å². The number of hydrogen-bond acceptors (Lipinski definition) is 4. The van der Waals surface area contributed by atoms with Crippen molar-refractivity contribution in [2.75, 3.05) is 6.54 Å². The Morgan fingerprint density at radius 1 is 1.19 bits per heavy atom. The lowest BCUT2D eigenvalue weighted by molar-refractivity contribution is -0.119. The zero-order valence-corrected chi connectivity index (χ0v) is 18.2. The molecule has 3 rings (SSSR count). The Balaban J connectivity index is 1.86. The lowest BCUT2D eigenvalue weighted by Crippen LogP contribution is -2.29. The maximum atomic E-state index is 13.8. The number of rotatable bonds is 7. The Kier molecular flexibility index (Phi) is 7.19. The number of hydrogen-bond donors (Lipinski definition) is 2. The van der Waals surface area contributed by atoms with Crippen LogP contribution in [-0.2, 0) is 17.9 Å². The van der Waals surface area contributed by atoms with Gasteiger partial charge in [0.25, 0.3) is 5.56 Å². The second-order valence-electron chi connectivity index (χ2n) is 6.78. The van der Waals surface area contributed by atoms with Crippen molar-refractivity contribution in [2.45, 2.75) is 20.1 Å². The quantitative estimate of drug-likeness (QED) is 0.530. The second-order valence-corrected chi connectivity index (χ2v) is 7.57. The summed E-state index contributed by atoms with van der Waals surface area (Å²) >= 11 is 3.26. The van der Waals surface area contributed by atoms with Crippen LogP contribution in [0.4, 0.5) is 8.78 Å². The molecule has 31 heavy (non-hydrogen) atoms. The van der Waals surface area contributed by atoms with Crippen LogP contribution in [-0.4, -0.2) is 17.0 Å². The van der Waals surface area contributed by atoms with Crippen LogP contribution in [0.5, 0.6) is 5.75 Å². The van der Waals surface area contributed by atoms with Gasteiger partial charge in [-0.1, -0.05) is 12.1 Å². The molecule has 162 valence electrons. The lowest BCUT2D eigenvalue weighted by Gasteiger charge is -2.15. The van der Waals surface area contributed by atoms with E-state index >= 15 is 0 Å². The fourth-order valence-corrected chi connectivity index (χ4v) is 3.39. The molecule has 3 aromatic rings. The van der Waals surface area contributed by atoms with E-state index in [-0.39, 0.29) is 46.9 Å². The molecular weight excluding hydrogens is 472 g/mol. The summed E-state index contributed by atoms with van der Waals surface area (Å²) in [5, 5.41) is 2.68.